The lowest BCUT2D eigenvalue weighted by Crippen LogP contribution is -1.89. The molecule has 0 spiro atoms. The van der Waals surface area contributed by atoms with E-state index in [9.17, 15) is 4.79 Å². The van der Waals surface area contributed by atoms with Crippen molar-refractivity contribution in [3.05, 3.63) is 96.6 Å². The summed E-state index contributed by atoms with van der Waals surface area (Å²) in [5.74, 6) is 1.40. The summed E-state index contributed by atoms with van der Waals surface area (Å²) >= 11 is 0. The Kier molecular flexibility index (Phi) is 3.61. The van der Waals surface area contributed by atoms with Crippen molar-refractivity contribution in [1.82, 2.24) is 0 Å². The van der Waals surface area contributed by atoms with Gasteiger partial charge in [-0.1, -0.05) is 84.9 Å². The van der Waals surface area contributed by atoms with Crippen LogP contribution in [0.25, 0.3) is 44.5 Å². The number of rotatable bonds is 3. The first-order chi connectivity index (χ1) is 13.4. The fourth-order valence-corrected chi connectivity index (χ4v) is 3.74. The average Bonchev–Trinajstić information content (AvgIpc) is 3.08. The molecule has 1 aliphatic carbocycles. The Morgan fingerprint density at radius 3 is 1.93 bits per heavy atom. The highest BCUT2D eigenvalue weighted by molar-refractivity contribution is 6.16. The van der Waals surface area contributed by atoms with Gasteiger partial charge in [-0.2, -0.15) is 0 Å². The zero-order valence-electron chi connectivity index (χ0n) is 14.6. The second kappa shape index (κ2) is 6.26. The molecule has 0 saturated heterocycles. The van der Waals surface area contributed by atoms with Crippen LogP contribution in [0.4, 0.5) is 0 Å². The first-order valence-corrected chi connectivity index (χ1v) is 8.91. The molecule has 27 heavy (non-hydrogen) atoms. The Morgan fingerprint density at radius 2 is 1.26 bits per heavy atom. The monoisotopic (exact) mass is 348 g/mol. The molecule has 2 aliphatic rings. The Balaban J connectivity index is 1.94. The first-order valence-electron chi connectivity index (χ1n) is 8.91. The molecule has 0 amide bonds. The number of carbonyl (C=O) groups is 1. The van der Waals surface area contributed by atoms with E-state index in [-0.39, 0.29) is 0 Å². The van der Waals surface area contributed by atoms with E-state index < -0.39 is 0 Å². The van der Waals surface area contributed by atoms with Crippen LogP contribution in [0.5, 0.6) is 0 Å². The second-order valence-electron chi connectivity index (χ2n) is 6.54. The molecule has 0 atom stereocenters. The number of hydrogen-bond acceptors (Lipinski definition) is 2. The molecular weight excluding hydrogens is 332 g/mol. The minimum Gasteiger partial charge on any atom is -0.455 e. The fraction of sp³-hybridized carbons (Fsp3) is 0. The van der Waals surface area contributed by atoms with Crippen molar-refractivity contribution in [2.45, 2.75) is 0 Å². The summed E-state index contributed by atoms with van der Waals surface area (Å²) in [5.41, 5.74) is 4.75. The molecule has 3 aromatic carbocycles. The van der Waals surface area contributed by atoms with Crippen molar-refractivity contribution >= 4 is 17.1 Å². The maximum Gasteiger partial charge on any atom is 0.154 e. The van der Waals surface area contributed by atoms with Crippen molar-refractivity contribution < 1.29 is 9.21 Å². The van der Waals surface area contributed by atoms with Crippen LogP contribution in [0.15, 0.2) is 95.4 Å². The molecule has 2 nitrogen and oxygen atoms in total. The summed E-state index contributed by atoms with van der Waals surface area (Å²) in [6.45, 7) is 0. The minimum absolute atomic E-state index is 0.607. The zero-order valence-corrected chi connectivity index (χ0v) is 14.6. The van der Waals surface area contributed by atoms with Crippen molar-refractivity contribution in [1.29, 1.82) is 0 Å². The van der Waals surface area contributed by atoms with Gasteiger partial charge in [0.2, 0.25) is 0 Å². The van der Waals surface area contributed by atoms with Crippen molar-refractivity contribution in [2.24, 2.45) is 0 Å². The van der Waals surface area contributed by atoms with Gasteiger partial charge in [-0.05, 0) is 28.0 Å². The predicted molar refractivity (Wildman–Crippen MR) is 109 cm³/mol. The molecule has 1 aliphatic heterocycles. The van der Waals surface area contributed by atoms with Gasteiger partial charge in [-0.3, -0.25) is 4.79 Å². The molecule has 0 radical (unpaired) electrons. The number of carbonyl (C=O) groups excluding carboxylic acids is 1. The van der Waals surface area contributed by atoms with Crippen LogP contribution in [-0.2, 0) is 0 Å². The van der Waals surface area contributed by atoms with Gasteiger partial charge >= 0.3 is 0 Å². The number of fused-ring (bicyclic) bond motifs is 3. The van der Waals surface area contributed by atoms with Crippen LogP contribution in [0.3, 0.4) is 0 Å². The lowest BCUT2D eigenvalue weighted by atomic mass is 9.96. The fourth-order valence-electron chi connectivity index (χ4n) is 3.74. The van der Waals surface area contributed by atoms with Gasteiger partial charge in [0, 0.05) is 11.1 Å². The third-order valence-corrected chi connectivity index (χ3v) is 4.98. The smallest absolute Gasteiger partial charge is 0.154 e. The molecule has 5 rings (SSSR count). The van der Waals surface area contributed by atoms with Gasteiger partial charge < -0.3 is 4.42 Å². The van der Waals surface area contributed by atoms with E-state index in [2.05, 4.69) is 24.3 Å². The highest BCUT2D eigenvalue weighted by Crippen LogP contribution is 2.46. The molecule has 0 unspecified atom stereocenters. The molecule has 2 heteroatoms. The lowest BCUT2D eigenvalue weighted by molar-refractivity contribution is 0.112. The van der Waals surface area contributed by atoms with Crippen LogP contribution in [0.2, 0.25) is 0 Å². The molecule has 0 N–H and O–H groups in total. The topological polar surface area (TPSA) is 30.2 Å². The SMILES string of the molecule is O=Cc1c2oc(-c3ccccc3)cc(-c3ccccc3)c-2c2ccccc12. The van der Waals surface area contributed by atoms with Crippen LogP contribution in [0, 0.1) is 0 Å². The van der Waals surface area contributed by atoms with E-state index in [4.69, 9.17) is 4.42 Å². The summed E-state index contributed by atoms with van der Waals surface area (Å²) in [6.07, 6.45) is 0.901. The minimum atomic E-state index is 0.607. The molecule has 1 heterocycles. The molecule has 0 aromatic heterocycles. The molecular formula is C25H16O2. The third kappa shape index (κ3) is 2.46. The number of hydrogen-bond donors (Lipinski definition) is 0. The maximum absolute atomic E-state index is 11.9. The van der Waals surface area contributed by atoms with Crippen LogP contribution >= 0.6 is 0 Å². The van der Waals surface area contributed by atoms with Crippen molar-refractivity contribution in [2.75, 3.05) is 0 Å². The van der Waals surface area contributed by atoms with Gasteiger partial charge in [0.05, 0.1) is 5.56 Å². The van der Waals surface area contributed by atoms with Crippen molar-refractivity contribution in [3.63, 3.8) is 0 Å². The highest BCUT2D eigenvalue weighted by atomic mass is 16.3. The molecule has 0 saturated carbocycles. The highest BCUT2D eigenvalue weighted by Gasteiger charge is 2.25. The third-order valence-electron chi connectivity index (χ3n) is 4.98. The zero-order chi connectivity index (χ0) is 18.2. The van der Waals surface area contributed by atoms with E-state index in [0.717, 1.165) is 45.1 Å². The van der Waals surface area contributed by atoms with Gasteiger partial charge in [-0.25, -0.2) is 0 Å². The normalized spacial score (nSPS) is 11.1. The Hall–Kier alpha value is -3.65. The van der Waals surface area contributed by atoms with Gasteiger partial charge in [0.1, 0.15) is 11.5 Å². The van der Waals surface area contributed by atoms with E-state index in [0.29, 0.717) is 11.3 Å². The Bertz CT molecular complexity index is 1220. The number of aldehydes is 1. The van der Waals surface area contributed by atoms with Gasteiger partial charge in [0.15, 0.2) is 6.29 Å². The summed E-state index contributed by atoms with van der Waals surface area (Å²) in [6, 6.07) is 30.3. The van der Waals surface area contributed by atoms with Gasteiger partial charge in [0.25, 0.3) is 0 Å². The van der Waals surface area contributed by atoms with Crippen LogP contribution in [-0.4, -0.2) is 6.29 Å². The molecule has 3 aromatic rings. The van der Waals surface area contributed by atoms with Crippen LogP contribution < -0.4 is 0 Å². The molecule has 0 fully saturated rings. The second-order valence-corrected chi connectivity index (χ2v) is 6.54. The molecule has 128 valence electrons. The lowest BCUT2D eigenvalue weighted by Gasteiger charge is -2.13. The first kappa shape index (κ1) is 15.6. The van der Waals surface area contributed by atoms with E-state index in [1.54, 1.807) is 0 Å². The van der Waals surface area contributed by atoms with Crippen LogP contribution in [0.1, 0.15) is 10.4 Å². The summed E-state index contributed by atoms with van der Waals surface area (Å²) < 4.78 is 6.29. The maximum atomic E-state index is 11.9. The summed E-state index contributed by atoms with van der Waals surface area (Å²) in [7, 11) is 0. The van der Waals surface area contributed by atoms with Gasteiger partial charge in [-0.15, -0.1) is 0 Å². The van der Waals surface area contributed by atoms with E-state index in [1.807, 2.05) is 66.7 Å². The summed E-state index contributed by atoms with van der Waals surface area (Å²) in [5, 5.41) is 1.96. The van der Waals surface area contributed by atoms with E-state index >= 15 is 0 Å². The molecule has 0 bridgehead atoms. The van der Waals surface area contributed by atoms with E-state index in [1.165, 1.54) is 0 Å². The van der Waals surface area contributed by atoms with Crippen molar-refractivity contribution in [3.8, 4) is 33.8 Å². The number of benzene rings is 3. The predicted octanol–water partition coefficient (Wildman–Crippen LogP) is 6.68. The largest absolute Gasteiger partial charge is 0.455 e. The Labute approximate surface area is 157 Å². The average molecular weight is 348 g/mol. The quantitative estimate of drug-likeness (QED) is 0.340. The standard InChI is InChI=1S/C25H16O2/c26-16-22-19-13-7-8-14-20(19)24-21(17-9-3-1-4-10-17)15-23(27-25(22)24)18-11-5-2-6-12-18/h1-16H. The summed E-state index contributed by atoms with van der Waals surface area (Å²) in [4.78, 5) is 11.9. The Morgan fingerprint density at radius 1 is 0.667 bits per heavy atom.